The Labute approximate surface area is 320 Å². The first-order valence-corrected chi connectivity index (χ1v) is 18.0. The van der Waals surface area contributed by atoms with Gasteiger partial charge in [-0.2, -0.15) is 13.2 Å². The highest BCUT2D eigenvalue weighted by Gasteiger charge is 2.34. The van der Waals surface area contributed by atoms with Crippen molar-refractivity contribution in [3.63, 3.8) is 0 Å². The number of ether oxygens (including phenoxy) is 1. The summed E-state index contributed by atoms with van der Waals surface area (Å²) in [6.07, 6.45) is -3.12. The first kappa shape index (κ1) is 38.1. The second-order valence-electron chi connectivity index (χ2n) is 12.1. The maximum atomic E-state index is 13.8. The molecule has 6 aromatic rings. The third-order valence-corrected chi connectivity index (χ3v) is 9.39. The molecule has 6 rings (SSSR count). The van der Waals surface area contributed by atoms with E-state index in [-0.39, 0.29) is 11.4 Å². The van der Waals surface area contributed by atoms with Gasteiger partial charge in [0.25, 0.3) is 11.8 Å². The lowest BCUT2D eigenvalue weighted by molar-refractivity contribution is -0.137. The van der Waals surface area contributed by atoms with Crippen LogP contribution < -0.4 is 20.7 Å². The van der Waals surface area contributed by atoms with Crippen LogP contribution in [0.3, 0.4) is 0 Å². The molecule has 0 spiro atoms. The number of hydrogen-bond donors (Lipinski definition) is 3. The molecule has 276 valence electrons. The quantitative estimate of drug-likeness (QED) is 0.0805. The van der Waals surface area contributed by atoms with Crippen LogP contribution in [0.25, 0.3) is 6.08 Å². The molecule has 11 heteroatoms. The molecule has 3 amide bonds. The summed E-state index contributed by atoms with van der Waals surface area (Å²) in [7, 11) is 0. The largest absolute Gasteiger partial charge is 0.489 e. The molecule has 3 N–H and O–H groups in total. The Hall–Kier alpha value is -6.59. The van der Waals surface area contributed by atoms with Crippen LogP contribution in [0.2, 0.25) is 0 Å². The molecule has 0 radical (unpaired) electrons. The van der Waals surface area contributed by atoms with E-state index in [4.69, 9.17) is 4.74 Å². The molecule has 0 fully saturated rings. The molecule has 0 heterocycles. The van der Waals surface area contributed by atoms with Gasteiger partial charge in [-0.25, -0.2) is 0 Å². The predicted molar refractivity (Wildman–Crippen MR) is 209 cm³/mol. The van der Waals surface area contributed by atoms with Gasteiger partial charge in [0.05, 0.1) is 11.3 Å². The lowest BCUT2D eigenvalue weighted by atomic mass is 10.1. The van der Waals surface area contributed by atoms with Gasteiger partial charge >= 0.3 is 6.18 Å². The Morgan fingerprint density at radius 3 is 2.02 bits per heavy atom. The van der Waals surface area contributed by atoms with E-state index in [2.05, 4.69) is 16.0 Å². The summed E-state index contributed by atoms with van der Waals surface area (Å²) < 4.78 is 47.1. The zero-order valence-electron chi connectivity index (χ0n) is 29.1. The summed E-state index contributed by atoms with van der Waals surface area (Å²) in [4.78, 5) is 41.2. The minimum Gasteiger partial charge on any atom is -0.489 e. The average molecular weight is 758 g/mol. The third-order valence-electron chi connectivity index (χ3n) is 8.14. The molecule has 0 aliphatic carbocycles. The number of hydrogen-bond acceptors (Lipinski definition) is 5. The predicted octanol–water partition coefficient (Wildman–Crippen LogP) is 10.2. The summed E-state index contributed by atoms with van der Waals surface area (Å²) in [5, 5.41) is 7.07. The number of alkyl halides is 3. The number of carbonyl (C=O) groups is 3. The van der Waals surface area contributed by atoms with Crippen LogP contribution >= 0.6 is 11.8 Å². The summed E-state index contributed by atoms with van der Waals surface area (Å²) in [5.41, 5.74) is 1.57. The summed E-state index contributed by atoms with van der Waals surface area (Å²) in [6.45, 7) is 0.386. The highest BCUT2D eigenvalue weighted by atomic mass is 32.2. The Kier molecular flexibility index (Phi) is 12.5. The molecule has 1 atom stereocenters. The van der Waals surface area contributed by atoms with Gasteiger partial charge in [0.2, 0.25) is 5.91 Å². The number of halogens is 3. The number of para-hydroxylation sites is 1. The van der Waals surface area contributed by atoms with E-state index in [1.807, 2.05) is 30.3 Å². The van der Waals surface area contributed by atoms with Gasteiger partial charge in [-0.3, -0.25) is 14.4 Å². The lowest BCUT2D eigenvalue weighted by Crippen LogP contribution is -2.30. The maximum Gasteiger partial charge on any atom is 0.418 e. The van der Waals surface area contributed by atoms with Gasteiger partial charge in [-0.15, -0.1) is 11.8 Å². The highest BCUT2D eigenvalue weighted by Crippen LogP contribution is 2.39. The first-order valence-electron chi connectivity index (χ1n) is 17.1. The molecule has 0 saturated carbocycles. The van der Waals surface area contributed by atoms with E-state index in [0.29, 0.717) is 39.6 Å². The van der Waals surface area contributed by atoms with Crippen molar-refractivity contribution in [2.45, 2.75) is 22.9 Å². The zero-order valence-corrected chi connectivity index (χ0v) is 29.9. The number of amides is 3. The fourth-order valence-electron chi connectivity index (χ4n) is 5.43. The molecule has 55 heavy (non-hydrogen) atoms. The van der Waals surface area contributed by atoms with E-state index in [0.717, 1.165) is 23.4 Å². The van der Waals surface area contributed by atoms with Crippen molar-refractivity contribution >= 4 is 46.9 Å². The van der Waals surface area contributed by atoms with E-state index in [9.17, 15) is 27.6 Å². The van der Waals surface area contributed by atoms with Crippen LogP contribution in [-0.2, 0) is 22.4 Å². The molecule has 0 bridgehead atoms. The molecule has 0 saturated heterocycles. The number of nitrogens with one attached hydrogen (secondary N) is 3. The molecule has 1 unspecified atom stereocenters. The van der Waals surface area contributed by atoms with Crippen LogP contribution in [0.5, 0.6) is 5.75 Å². The van der Waals surface area contributed by atoms with Crippen LogP contribution in [0.4, 0.5) is 24.5 Å². The molecule has 6 aromatic carbocycles. The standard InChI is InChI=1S/C44H34F3N3O4S/c45-44(46,47)37-21-10-11-22-38(37)49-43(53)40(32-15-6-2-7-16-32)55-36-20-12-19-34(28-36)48-42(52)39(50-41(51)33-17-8-3-9-18-33)27-30-23-25-35(26-24-30)54-29-31-13-4-1-5-14-31/h1-28,40H,29H2,(H,48,52)(H,49,53)(H,50,51)/b39-27+. The maximum absolute atomic E-state index is 13.8. The fraction of sp³-hybridized carbons (Fsp3) is 0.0682. The minimum atomic E-state index is -4.67. The summed E-state index contributed by atoms with van der Waals surface area (Å²) in [6, 6.07) is 45.4. The number of thioether (sulfide) groups is 1. The SMILES string of the molecule is O=C(Nc1cccc(SC(C(=O)Nc2ccccc2C(F)(F)F)c2ccccc2)c1)/C(=C\c1ccc(OCc2ccccc2)cc1)NC(=O)c1ccccc1. The van der Waals surface area contributed by atoms with Crippen molar-refractivity contribution in [1.29, 1.82) is 0 Å². The van der Waals surface area contributed by atoms with Gasteiger partial charge in [0.15, 0.2) is 0 Å². The second kappa shape index (κ2) is 18.0. The number of rotatable bonds is 13. The van der Waals surface area contributed by atoms with E-state index >= 15 is 0 Å². The van der Waals surface area contributed by atoms with Gasteiger partial charge in [0, 0.05) is 16.1 Å². The van der Waals surface area contributed by atoms with Gasteiger partial charge < -0.3 is 20.7 Å². The molecular formula is C44H34F3N3O4S. The zero-order chi connectivity index (χ0) is 38.6. The minimum absolute atomic E-state index is 0.0327. The topological polar surface area (TPSA) is 96.5 Å². The Morgan fingerprint density at radius 1 is 0.691 bits per heavy atom. The molecule has 7 nitrogen and oxygen atoms in total. The summed E-state index contributed by atoms with van der Waals surface area (Å²) >= 11 is 1.11. The number of carbonyl (C=O) groups excluding carboxylic acids is 3. The Bertz CT molecular complexity index is 2270. The van der Waals surface area contributed by atoms with Crippen molar-refractivity contribution in [3.05, 3.63) is 197 Å². The summed E-state index contributed by atoms with van der Waals surface area (Å²) in [5.74, 6) is -1.13. The highest BCUT2D eigenvalue weighted by molar-refractivity contribution is 8.00. The smallest absolute Gasteiger partial charge is 0.418 e. The van der Waals surface area contributed by atoms with Crippen LogP contribution in [0, 0.1) is 0 Å². The van der Waals surface area contributed by atoms with Crippen LogP contribution in [0.1, 0.15) is 37.9 Å². The van der Waals surface area contributed by atoms with Crippen LogP contribution in [0.15, 0.2) is 174 Å². The van der Waals surface area contributed by atoms with Crippen molar-refractivity contribution in [2.24, 2.45) is 0 Å². The number of anilines is 2. The first-order chi connectivity index (χ1) is 26.6. The van der Waals surface area contributed by atoms with E-state index in [1.54, 1.807) is 115 Å². The van der Waals surface area contributed by atoms with Gasteiger partial charge in [0.1, 0.15) is 23.3 Å². The van der Waals surface area contributed by atoms with Gasteiger partial charge in [-0.1, -0.05) is 109 Å². The molecular weight excluding hydrogens is 724 g/mol. The van der Waals surface area contributed by atoms with Crippen LogP contribution in [-0.4, -0.2) is 17.7 Å². The molecule has 0 aliphatic heterocycles. The number of benzene rings is 6. The van der Waals surface area contributed by atoms with E-state index < -0.39 is 34.7 Å². The average Bonchev–Trinajstić information content (AvgIpc) is 3.20. The lowest BCUT2D eigenvalue weighted by Gasteiger charge is -2.19. The van der Waals surface area contributed by atoms with E-state index in [1.165, 1.54) is 18.2 Å². The Morgan fingerprint density at radius 2 is 1.33 bits per heavy atom. The molecule has 0 aliphatic rings. The second-order valence-corrected chi connectivity index (χ2v) is 13.3. The molecule has 0 aromatic heterocycles. The third kappa shape index (κ3) is 10.7. The van der Waals surface area contributed by atoms with Crippen molar-refractivity contribution in [3.8, 4) is 5.75 Å². The normalized spacial score (nSPS) is 11.9. The van der Waals surface area contributed by atoms with Crippen molar-refractivity contribution in [2.75, 3.05) is 10.6 Å². The van der Waals surface area contributed by atoms with Crippen molar-refractivity contribution < 1.29 is 32.3 Å². The fourth-order valence-corrected chi connectivity index (χ4v) is 6.51. The van der Waals surface area contributed by atoms with Gasteiger partial charge in [-0.05, 0) is 77.4 Å². The Balaban J connectivity index is 1.21. The van der Waals surface area contributed by atoms with Crippen molar-refractivity contribution in [1.82, 2.24) is 5.32 Å². The monoisotopic (exact) mass is 757 g/mol.